The van der Waals surface area contributed by atoms with Crippen LogP contribution in [-0.4, -0.2) is 73.1 Å². The lowest BCUT2D eigenvalue weighted by Gasteiger charge is -2.35. The Hall–Kier alpha value is -2.23. The van der Waals surface area contributed by atoms with Crippen LogP contribution in [0.2, 0.25) is 0 Å². The summed E-state index contributed by atoms with van der Waals surface area (Å²) in [6.07, 6.45) is 2.43. The van der Waals surface area contributed by atoms with Crippen LogP contribution in [0.5, 0.6) is 0 Å². The van der Waals surface area contributed by atoms with Gasteiger partial charge in [0.2, 0.25) is 0 Å². The lowest BCUT2D eigenvalue weighted by atomic mass is 9.76. The van der Waals surface area contributed by atoms with E-state index in [0.29, 0.717) is 38.0 Å². The summed E-state index contributed by atoms with van der Waals surface area (Å²) in [5, 5.41) is 18.6. The molecule has 0 unspecified atom stereocenters. The number of likely N-dealkylation sites (tertiary alicyclic amines) is 1. The summed E-state index contributed by atoms with van der Waals surface area (Å²) in [5.41, 5.74) is 0.475. The number of ether oxygens (including phenoxy) is 2. The Bertz CT molecular complexity index is 746. The Kier molecular flexibility index (Phi) is 6.48. The molecular formula is C19H24BNO7. The van der Waals surface area contributed by atoms with Gasteiger partial charge in [0.25, 0.3) is 5.91 Å². The first-order chi connectivity index (χ1) is 13.5. The van der Waals surface area contributed by atoms with Gasteiger partial charge in [0.1, 0.15) is 6.29 Å². The second-order valence-electron chi connectivity index (χ2n) is 7.22. The number of piperidine rings is 1. The second kappa shape index (κ2) is 8.85. The van der Waals surface area contributed by atoms with Gasteiger partial charge in [-0.25, -0.2) is 0 Å². The average molecular weight is 389 g/mol. The third-order valence-electron chi connectivity index (χ3n) is 5.67. The summed E-state index contributed by atoms with van der Waals surface area (Å²) < 4.78 is 10.7. The molecule has 3 rings (SSSR count). The number of hydrogen-bond acceptors (Lipinski definition) is 7. The van der Waals surface area contributed by atoms with Gasteiger partial charge in [0, 0.05) is 30.8 Å². The van der Waals surface area contributed by atoms with E-state index >= 15 is 0 Å². The first-order valence-electron chi connectivity index (χ1n) is 9.40. The summed E-state index contributed by atoms with van der Waals surface area (Å²) in [4.78, 5) is 37.6. The molecule has 0 radical (unpaired) electrons. The van der Waals surface area contributed by atoms with Gasteiger partial charge in [-0.05, 0) is 42.8 Å². The Morgan fingerprint density at radius 1 is 1.25 bits per heavy atom. The quantitative estimate of drug-likeness (QED) is 0.401. The van der Waals surface area contributed by atoms with Crippen molar-refractivity contribution >= 4 is 30.7 Å². The zero-order chi connectivity index (χ0) is 20.3. The molecular weight excluding hydrogens is 365 g/mol. The van der Waals surface area contributed by atoms with Crippen LogP contribution < -0.4 is 5.46 Å². The predicted octanol–water partition coefficient (Wildman–Crippen LogP) is -0.391. The fourth-order valence-electron chi connectivity index (χ4n) is 4.14. The first kappa shape index (κ1) is 20.5. The summed E-state index contributed by atoms with van der Waals surface area (Å²) in [6, 6.07) is 4.24. The van der Waals surface area contributed by atoms with Crippen molar-refractivity contribution in [3.8, 4) is 0 Å². The minimum absolute atomic E-state index is 0.0671. The largest absolute Gasteiger partial charge is 0.489 e. The molecule has 8 nitrogen and oxygen atoms in total. The van der Waals surface area contributed by atoms with Gasteiger partial charge in [-0.2, -0.15) is 0 Å². The van der Waals surface area contributed by atoms with Crippen molar-refractivity contribution in [2.24, 2.45) is 11.8 Å². The highest BCUT2D eigenvalue weighted by Crippen LogP contribution is 2.34. The number of carbonyl (C=O) groups excluding carboxylic acids is 3. The summed E-state index contributed by atoms with van der Waals surface area (Å²) >= 11 is 0. The maximum atomic E-state index is 12.8. The molecule has 150 valence electrons. The topological polar surface area (TPSA) is 113 Å². The summed E-state index contributed by atoms with van der Waals surface area (Å²) in [5.74, 6) is -0.510. The molecule has 1 aromatic carbocycles. The van der Waals surface area contributed by atoms with E-state index in [1.807, 2.05) is 0 Å². The molecule has 0 bridgehead atoms. The minimum Gasteiger partial charge on any atom is -0.469 e. The van der Waals surface area contributed by atoms with Crippen LogP contribution in [0.3, 0.4) is 0 Å². The smallest absolute Gasteiger partial charge is 0.469 e. The van der Waals surface area contributed by atoms with Gasteiger partial charge in [-0.15, -0.1) is 0 Å². The molecule has 2 aliphatic rings. The number of methoxy groups -OCH3 is 1. The number of aldehydes is 1. The summed E-state index contributed by atoms with van der Waals surface area (Å²) in [6.45, 7) is 1.59. The van der Waals surface area contributed by atoms with Gasteiger partial charge in [-0.3, -0.25) is 14.4 Å². The Labute approximate surface area is 163 Å². The van der Waals surface area contributed by atoms with Crippen molar-refractivity contribution < 1.29 is 33.9 Å². The zero-order valence-corrected chi connectivity index (χ0v) is 15.7. The van der Waals surface area contributed by atoms with Crippen molar-refractivity contribution in [1.82, 2.24) is 4.90 Å². The minimum atomic E-state index is -1.77. The third kappa shape index (κ3) is 4.11. The molecule has 0 aromatic heterocycles. The number of rotatable bonds is 5. The van der Waals surface area contributed by atoms with Gasteiger partial charge in [-0.1, -0.05) is 6.07 Å². The molecule has 0 saturated carbocycles. The van der Waals surface area contributed by atoms with Crippen molar-refractivity contribution in [1.29, 1.82) is 0 Å². The highest BCUT2D eigenvalue weighted by atomic mass is 16.5. The van der Waals surface area contributed by atoms with E-state index in [2.05, 4.69) is 0 Å². The van der Waals surface area contributed by atoms with Crippen molar-refractivity contribution in [2.45, 2.75) is 25.4 Å². The molecule has 28 heavy (non-hydrogen) atoms. The van der Waals surface area contributed by atoms with E-state index in [1.54, 1.807) is 4.90 Å². The lowest BCUT2D eigenvalue weighted by molar-refractivity contribution is -0.148. The van der Waals surface area contributed by atoms with Crippen LogP contribution in [0.25, 0.3) is 0 Å². The molecule has 2 fully saturated rings. The monoisotopic (exact) mass is 389 g/mol. The maximum absolute atomic E-state index is 12.8. The molecule has 2 N–H and O–H groups in total. The molecule has 0 aliphatic carbocycles. The predicted molar refractivity (Wildman–Crippen MR) is 100 cm³/mol. The first-order valence-corrected chi connectivity index (χ1v) is 9.40. The van der Waals surface area contributed by atoms with Crippen LogP contribution >= 0.6 is 0 Å². The molecule has 9 heteroatoms. The van der Waals surface area contributed by atoms with Crippen LogP contribution in [0, 0.1) is 11.8 Å². The van der Waals surface area contributed by atoms with Crippen molar-refractivity contribution in [3.05, 3.63) is 29.3 Å². The van der Waals surface area contributed by atoms with Crippen LogP contribution in [0.4, 0.5) is 0 Å². The Morgan fingerprint density at radius 2 is 1.96 bits per heavy atom. The van der Waals surface area contributed by atoms with Crippen molar-refractivity contribution in [2.75, 3.05) is 26.8 Å². The fourth-order valence-corrected chi connectivity index (χ4v) is 4.14. The van der Waals surface area contributed by atoms with Crippen LogP contribution in [-0.2, 0) is 14.3 Å². The molecule has 2 atom stereocenters. The number of benzene rings is 1. The summed E-state index contributed by atoms with van der Waals surface area (Å²) in [7, 11) is -0.387. The number of hydrogen-bond donors (Lipinski definition) is 2. The van der Waals surface area contributed by atoms with Crippen LogP contribution in [0.15, 0.2) is 18.2 Å². The lowest BCUT2D eigenvalue weighted by Crippen LogP contribution is -2.43. The van der Waals surface area contributed by atoms with Gasteiger partial charge >= 0.3 is 13.1 Å². The number of carbonyl (C=O) groups is 3. The molecule has 2 heterocycles. The molecule has 2 aliphatic heterocycles. The Balaban J connectivity index is 1.64. The number of nitrogens with zero attached hydrogens (tertiary/aromatic N) is 1. The van der Waals surface area contributed by atoms with Gasteiger partial charge in [0.15, 0.2) is 0 Å². The highest BCUT2D eigenvalue weighted by molar-refractivity contribution is 6.60. The normalized spacial score (nSPS) is 22.8. The maximum Gasteiger partial charge on any atom is 0.489 e. The zero-order valence-electron chi connectivity index (χ0n) is 15.7. The SMILES string of the molecule is COC(=O)[C@@H]1CCO[C@H]1C1CCN(C(=O)c2ccc(B(O)O)c(C=O)c2)CC1. The van der Waals surface area contributed by atoms with E-state index in [9.17, 15) is 24.4 Å². The van der Waals surface area contributed by atoms with Crippen LogP contribution in [0.1, 0.15) is 40.0 Å². The van der Waals surface area contributed by atoms with Gasteiger partial charge in [0.05, 0.1) is 19.1 Å². The van der Waals surface area contributed by atoms with E-state index in [0.717, 1.165) is 12.8 Å². The van der Waals surface area contributed by atoms with Crippen molar-refractivity contribution in [3.63, 3.8) is 0 Å². The molecule has 1 amide bonds. The highest BCUT2D eigenvalue weighted by Gasteiger charge is 2.41. The molecule has 2 saturated heterocycles. The van der Waals surface area contributed by atoms with E-state index in [-0.39, 0.29) is 40.8 Å². The van der Waals surface area contributed by atoms with E-state index in [4.69, 9.17) is 9.47 Å². The average Bonchev–Trinajstić information content (AvgIpc) is 3.22. The Morgan fingerprint density at radius 3 is 2.57 bits per heavy atom. The third-order valence-corrected chi connectivity index (χ3v) is 5.67. The molecule has 1 aromatic rings. The second-order valence-corrected chi connectivity index (χ2v) is 7.22. The van der Waals surface area contributed by atoms with Gasteiger partial charge < -0.3 is 24.4 Å². The van der Waals surface area contributed by atoms with E-state index < -0.39 is 7.12 Å². The standard InChI is InChI=1S/C19H24BNO7/c1-27-19(24)15-6-9-28-17(15)12-4-7-21(8-5-12)18(23)13-2-3-16(20(25)26)14(10-13)11-22/h2-3,10-12,15,17,25-26H,4-9H2,1H3/t15-,17+/m1/s1. The number of esters is 1. The fraction of sp³-hybridized carbons (Fsp3) is 0.526. The molecule has 0 spiro atoms. The van der Waals surface area contributed by atoms with E-state index in [1.165, 1.54) is 25.3 Å². The number of amides is 1.